The monoisotopic (exact) mass is 492 g/mol. The van der Waals surface area contributed by atoms with Crippen molar-refractivity contribution < 1.29 is 33.3 Å². The van der Waals surface area contributed by atoms with E-state index in [1.807, 2.05) is 32.0 Å². The predicted molar refractivity (Wildman–Crippen MR) is 135 cm³/mol. The van der Waals surface area contributed by atoms with Crippen LogP contribution in [0.4, 0.5) is 0 Å². The maximum atomic E-state index is 12.7. The highest BCUT2D eigenvalue weighted by Gasteiger charge is 2.18. The lowest BCUT2D eigenvalue weighted by molar-refractivity contribution is -0.123. The van der Waals surface area contributed by atoms with Gasteiger partial charge in [0.05, 0.1) is 33.1 Å². The molecule has 9 heteroatoms. The molecule has 0 spiro atoms. The second-order valence-electron chi connectivity index (χ2n) is 7.70. The lowest BCUT2D eigenvalue weighted by atomic mass is 10.1. The Morgan fingerprint density at radius 2 is 1.58 bits per heavy atom. The summed E-state index contributed by atoms with van der Waals surface area (Å²) in [5, 5.41) is 3.94. The molecule has 3 aromatic carbocycles. The molecule has 0 unspecified atom stereocenters. The molecule has 0 saturated heterocycles. The Kier molecular flexibility index (Phi) is 8.88. The van der Waals surface area contributed by atoms with Gasteiger partial charge in [0.2, 0.25) is 5.75 Å². The van der Waals surface area contributed by atoms with Crippen molar-refractivity contribution in [3.63, 3.8) is 0 Å². The molecule has 0 aromatic heterocycles. The third-order valence-corrected chi connectivity index (χ3v) is 5.22. The SMILES string of the molecule is COc1cc(C(=O)Oc2cccc(/C=N\NC(=O)COc3ccc(C)c(C)c3)c2)cc(OC)c1OC. The summed E-state index contributed by atoms with van der Waals surface area (Å²) in [6.45, 7) is 3.80. The van der Waals surface area contributed by atoms with E-state index in [9.17, 15) is 9.59 Å². The third-order valence-electron chi connectivity index (χ3n) is 5.22. The molecule has 9 nitrogen and oxygen atoms in total. The fraction of sp³-hybridized carbons (Fsp3) is 0.222. The Balaban J connectivity index is 1.59. The normalized spacial score (nSPS) is 10.6. The minimum atomic E-state index is -0.611. The van der Waals surface area contributed by atoms with Crippen LogP contribution in [-0.2, 0) is 4.79 Å². The molecule has 0 aliphatic rings. The fourth-order valence-electron chi connectivity index (χ4n) is 3.19. The van der Waals surface area contributed by atoms with E-state index in [2.05, 4.69) is 10.5 Å². The first-order valence-corrected chi connectivity index (χ1v) is 11.0. The van der Waals surface area contributed by atoms with Gasteiger partial charge in [-0.25, -0.2) is 10.2 Å². The summed E-state index contributed by atoms with van der Waals surface area (Å²) < 4.78 is 26.8. The Morgan fingerprint density at radius 1 is 0.861 bits per heavy atom. The highest BCUT2D eigenvalue weighted by atomic mass is 16.5. The Bertz CT molecular complexity index is 1250. The quantitative estimate of drug-likeness (QED) is 0.197. The summed E-state index contributed by atoms with van der Waals surface area (Å²) in [5.41, 5.74) is 5.47. The predicted octanol–water partition coefficient (Wildman–Crippen LogP) is 4.08. The summed E-state index contributed by atoms with van der Waals surface area (Å²) in [7, 11) is 4.40. The number of esters is 1. The fourth-order valence-corrected chi connectivity index (χ4v) is 3.19. The van der Waals surface area contributed by atoms with Crippen molar-refractivity contribution in [1.29, 1.82) is 0 Å². The number of carbonyl (C=O) groups excluding carboxylic acids is 2. The highest BCUT2D eigenvalue weighted by Crippen LogP contribution is 2.38. The standard InChI is InChI=1S/C27H28N2O7/c1-17-9-10-21(11-18(17)2)35-16-25(30)29-28-15-19-7-6-8-22(12-19)36-27(31)20-13-23(32-3)26(34-5)24(14-20)33-4/h6-15H,16H2,1-5H3,(H,29,30)/b28-15-. The highest BCUT2D eigenvalue weighted by molar-refractivity contribution is 5.93. The summed E-state index contributed by atoms with van der Waals surface area (Å²) in [6, 6.07) is 15.3. The van der Waals surface area contributed by atoms with Crippen molar-refractivity contribution in [2.24, 2.45) is 5.10 Å². The van der Waals surface area contributed by atoms with Gasteiger partial charge < -0.3 is 23.7 Å². The van der Waals surface area contributed by atoms with E-state index in [-0.39, 0.29) is 12.2 Å². The second-order valence-corrected chi connectivity index (χ2v) is 7.70. The molecular weight excluding hydrogens is 464 g/mol. The zero-order valence-corrected chi connectivity index (χ0v) is 20.8. The maximum absolute atomic E-state index is 12.7. The van der Waals surface area contributed by atoms with Gasteiger partial charge >= 0.3 is 5.97 Å². The molecule has 0 atom stereocenters. The van der Waals surface area contributed by atoms with Gasteiger partial charge in [0.15, 0.2) is 18.1 Å². The summed E-state index contributed by atoms with van der Waals surface area (Å²) >= 11 is 0. The summed E-state index contributed by atoms with van der Waals surface area (Å²) in [4.78, 5) is 24.7. The number of rotatable bonds is 10. The van der Waals surface area contributed by atoms with Crippen LogP contribution in [0.25, 0.3) is 0 Å². The molecule has 0 bridgehead atoms. The van der Waals surface area contributed by atoms with Gasteiger partial charge in [0.1, 0.15) is 11.5 Å². The van der Waals surface area contributed by atoms with Crippen LogP contribution in [-0.4, -0.2) is 46.0 Å². The van der Waals surface area contributed by atoms with E-state index in [4.69, 9.17) is 23.7 Å². The lowest BCUT2D eigenvalue weighted by Gasteiger charge is -2.13. The lowest BCUT2D eigenvalue weighted by Crippen LogP contribution is -2.24. The van der Waals surface area contributed by atoms with Crippen LogP contribution in [0.3, 0.4) is 0 Å². The number of nitrogens with zero attached hydrogens (tertiary/aromatic N) is 1. The Hall–Kier alpha value is -4.53. The van der Waals surface area contributed by atoms with Crippen molar-refractivity contribution in [1.82, 2.24) is 5.43 Å². The van der Waals surface area contributed by atoms with E-state index < -0.39 is 11.9 Å². The molecular formula is C27H28N2O7. The average Bonchev–Trinajstić information content (AvgIpc) is 2.88. The van der Waals surface area contributed by atoms with Gasteiger partial charge in [-0.05, 0) is 66.9 Å². The van der Waals surface area contributed by atoms with Gasteiger partial charge in [0, 0.05) is 0 Å². The van der Waals surface area contributed by atoms with Gasteiger partial charge in [-0.1, -0.05) is 18.2 Å². The number of hydrogen-bond donors (Lipinski definition) is 1. The van der Waals surface area contributed by atoms with Crippen LogP contribution in [0.15, 0.2) is 59.7 Å². The van der Waals surface area contributed by atoms with Crippen LogP contribution in [0.1, 0.15) is 27.0 Å². The van der Waals surface area contributed by atoms with Gasteiger partial charge in [0.25, 0.3) is 5.91 Å². The third kappa shape index (κ3) is 6.75. The zero-order valence-electron chi connectivity index (χ0n) is 20.8. The first kappa shape index (κ1) is 26.1. The average molecular weight is 493 g/mol. The second kappa shape index (κ2) is 12.3. The van der Waals surface area contributed by atoms with Crippen LogP contribution < -0.4 is 29.1 Å². The zero-order chi connectivity index (χ0) is 26.1. The molecule has 188 valence electrons. The summed E-state index contributed by atoms with van der Waals surface area (Å²) in [6.07, 6.45) is 1.44. The number of hydrogen-bond acceptors (Lipinski definition) is 8. The van der Waals surface area contributed by atoms with Crippen molar-refractivity contribution in [2.45, 2.75) is 13.8 Å². The minimum absolute atomic E-state index is 0.174. The van der Waals surface area contributed by atoms with Crippen LogP contribution in [0.2, 0.25) is 0 Å². The molecule has 36 heavy (non-hydrogen) atoms. The molecule has 0 aliphatic carbocycles. The molecule has 3 aromatic rings. The van der Waals surface area contributed by atoms with Crippen LogP contribution >= 0.6 is 0 Å². The topological polar surface area (TPSA) is 105 Å². The molecule has 0 radical (unpaired) electrons. The smallest absolute Gasteiger partial charge is 0.343 e. The van der Waals surface area contributed by atoms with Crippen LogP contribution in [0.5, 0.6) is 28.7 Å². The first-order chi connectivity index (χ1) is 17.3. The molecule has 3 rings (SSSR count). The van der Waals surface area contributed by atoms with Gasteiger partial charge in [-0.3, -0.25) is 4.79 Å². The van der Waals surface area contributed by atoms with Crippen LogP contribution in [0, 0.1) is 13.8 Å². The number of ether oxygens (including phenoxy) is 5. The van der Waals surface area contributed by atoms with E-state index >= 15 is 0 Å². The van der Waals surface area contributed by atoms with Crippen molar-refractivity contribution in [3.8, 4) is 28.7 Å². The van der Waals surface area contributed by atoms with E-state index in [0.29, 0.717) is 34.3 Å². The summed E-state index contributed by atoms with van der Waals surface area (Å²) in [5.74, 6) is 0.926. The molecule has 0 saturated carbocycles. The number of carbonyl (C=O) groups is 2. The number of amides is 1. The van der Waals surface area contributed by atoms with Crippen molar-refractivity contribution in [2.75, 3.05) is 27.9 Å². The molecule has 0 aliphatic heterocycles. The first-order valence-electron chi connectivity index (χ1n) is 11.0. The van der Waals surface area contributed by atoms with Crippen molar-refractivity contribution >= 4 is 18.1 Å². The maximum Gasteiger partial charge on any atom is 0.343 e. The largest absolute Gasteiger partial charge is 0.493 e. The molecule has 0 heterocycles. The van der Waals surface area contributed by atoms with Gasteiger partial charge in [-0.2, -0.15) is 5.10 Å². The van der Waals surface area contributed by atoms with E-state index in [0.717, 1.165) is 11.1 Å². The molecule has 0 fully saturated rings. The Labute approximate surface area is 209 Å². The van der Waals surface area contributed by atoms with Gasteiger partial charge in [-0.15, -0.1) is 0 Å². The van der Waals surface area contributed by atoms with E-state index in [1.54, 1.807) is 24.3 Å². The number of aryl methyl sites for hydroxylation is 2. The number of nitrogens with one attached hydrogen (secondary N) is 1. The van der Waals surface area contributed by atoms with Crippen molar-refractivity contribution in [3.05, 3.63) is 76.9 Å². The number of hydrazone groups is 1. The number of benzene rings is 3. The number of methoxy groups -OCH3 is 3. The minimum Gasteiger partial charge on any atom is -0.493 e. The van der Waals surface area contributed by atoms with E-state index in [1.165, 1.54) is 39.7 Å². The molecule has 1 amide bonds. The molecule has 1 N–H and O–H groups in total. The Morgan fingerprint density at radius 3 is 2.22 bits per heavy atom.